The molecule has 0 unspecified atom stereocenters. The molecule has 2 N–H and O–H groups in total. The Bertz CT molecular complexity index is 1280. The normalized spacial score (nSPS) is 11.8. The monoisotopic (exact) mass is 400 g/mol. The Kier molecular flexibility index (Phi) is 5.29. The van der Waals surface area contributed by atoms with Crippen LogP contribution in [0, 0.1) is 5.82 Å². The van der Waals surface area contributed by atoms with Crippen molar-refractivity contribution in [1.29, 1.82) is 0 Å². The van der Waals surface area contributed by atoms with Crippen molar-refractivity contribution in [2.24, 2.45) is 10.7 Å². The molecule has 4 rings (SSSR count). The van der Waals surface area contributed by atoms with E-state index in [4.69, 9.17) is 5.73 Å². The van der Waals surface area contributed by atoms with Gasteiger partial charge in [-0.15, -0.1) is 0 Å². The van der Waals surface area contributed by atoms with Gasteiger partial charge in [-0.2, -0.15) is 10.2 Å². The maximum atomic E-state index is 14.6. The third kappa shape index (κ3) is 3.93. The number of aromatic nitrogens is 4. The Morgan fingerprint density at radius 2 is 1.87 bits per heavy atom. The van der Waals surface area contributed by atoms with Gasteiger partial charge in [-0.05, 0) is 48.7 Å². The molecule has 0 amide bonds. The molecule has 0 bridgehead atoms. The van der Waals surface area contributed by atoms with Crippen molar-refractivity contribution in [1.82, 2.24) is 19.6 Å². The lowest BCUT2D eigenvalue weighted by molar-refractivity contribution is 0.607. The van der Waals surface area contributed by atoms with Crippen LogP contribution >= 0.6 is 0 Å². The first kappa shape index (κ1) is 19.0. The summed E-state index contributed by atoms with van der Waals surface area (Å²) in [5.74, 6) is -0.496. The van der Waals surface area contributed by atoms with Gasteiger partial charge in [-0.1, -0.05) is 18.2 Å². The van der Waals surface area contributed by atoms with Gasteiger partial charge in [0.2, 0.25) is 5.43 Å². The summed E-state index contributed by atoms with van der Waals surface area (Å²) in [6.07, 6.45) is 7.54. The minimum Gasteiger partial charge on any atom is -0.405 e. The van der Waals surface area contributed by atoms with Crippen LogP contribution in [-0.4, -0.2) is 25.3 Å². The summed E-state index contributed by atoms with van der Waals surface area (Å²) < 4.78 is 17.5. The van der Waals surface area contributed by atoms with Gasteiger partial charge < -0.3 is 5.73 Å². The number of hydrogen-bond acceptors (Lipinski definition) is 5. The van der Waals surface area contributed by atoms with E-state index in [2.05, 4.69) is 15.2 Å². The summed E-state index contributed by atoms with van der Waals surface area (Å²) in [7, 11) is 0. The Hall–Kier alpha value is -4.33. The van der Waals surface area contributed by atoms with Crippen LogP contribution in [0.1, 0.15) is 5.69 Å². The lowest BCUT2D eigenvalue weighted by atomic mass is 10.2. The summed E-state index contributed by atoms with van der Waals surface area (Å²) in [4.78, 5) is 17.0. The van der Waals surface area contributed by atoms with Gasteiger partial charge in [0.1, 0.15) is 11.5 Å². The van der Waals surface area contributed by atoms with Crippen LogP contribution in [0.3, 0.4) is 0 Å². The van der Waals surface area contributed by atoms with Crippen molar-refractivity contribution < 1.29 is 4.39 Å². The van der Waals surface area contributed by atoms with E-state index in [1.54, 1.807) is 47.4 Å². The molecule has 0 saturated heterocycles. The predicted octanol–water partition coefficient (Wildman–Crippen LogP) is 3.15. The minimum absolute atomic E-state index is 0.0481. The average Bonchev–Trinajstić information content (AvgIpc) is 3.30. The number of rotatable bonds is 5. The SMILES string of the molecule is NC=CC(=Nc1ccccc1)c1nn(-c2cc(-n3cccn3)ccc2F)ccc1=O. The number of benzene rings is 2. The molecular formula is C22H17FN6O. The second-order valence-corrected chi connectivity index (χ2v) is 6.25. The summed E-state index contributed by atoms with van der Waals surface area (Å²) in [6, 6.07) is 16.7. The van der Waals surface area contributed by atoms with Crippen LogP contribution in [-0.2, 0) is 0 Å². The van der Waals surface area contributed by atoms with Crippen molar-refractivity contribution in [2.45, 2.75) is 0 Å². The van der Waals surface area contributed by atoms with Gasteiger partial charge >= 0.3 is 0 Å². The highest BCUT2D eigenvalue weighted by atomic mass is 19.1. The van der Waals surface area contributed by atoms with Crippen molar-refractivity contribution in [3.8, 4) is 11.4 Å². The van der Waals surface area contributed by atoms with E-state index in [-0.39, 0.29) is 22.5 Å². The third-order valence-electron chi connectivity index (χ3n) is 4.26. The van der Waals surface area contributed by atoms with E-state index in [1.165, 1.54) is 35.3 Å². The van der Waals surface area contributed by atoms with E-state index < -0.39 is 5.82 Å². The van der Waals surface area contributed by atoms with Crippen molar-refractivity contribution in [3.63, 3.8) is 0 Å². The number of aliphatic imine (C=N–C) groups is 1. The minimum atomic E-state index is -0.496. The second kappa shape index (κ2) is 8.36. The van der Waals surface area contributed by atoms with Crippen molar-refractivity contribution in [3.05, 3.63) is 113 Å². The first-order chi connectivity index (χ1) is 14.7. The molecule has 2 aromatic heterocycles. The molecule has 0 fully saturated rings. The lowest BCUT2D eigenvalue weighted by Gasteiger charge is -2.11. The number of halogens is 1. The van der Waals surface area contributed by atoms with Gasteiger partial charge in [0.15, 0.2) is 5.69 Å². The van der Waals surface area contributed by atoms with Crippen LogP contribution in [0.15, 0.2) is 101 Å². The predicted molar refractivity (Wildman–Crippen MR) is 113 cm³/mol. The first-order valence-electron chi connectivity index (χ1n) is 9.08. The molecule has 2 aromatic carbocycles. The molecule has 4 aromatic rings. The van der Waals surface area contributed by atoms with Gasteiger partial charge in [0.25, 0.3) is 0 Å². The summed E-state index contributed by atoms with van der Waals surface area (Å²) in [5.41, 5.74) is 6.96. The summed E-state index contributed by atoms with van der Waals surface area (Å²) >= 11 is 0. The number of allylic oxidation sites excluding steroid dienone is 1. The van der Waals surface area contributed by atoms with Gasteiger partial charge in [0, 0.05) is 24.7 Å². The Balaban J connectivity index is 1.83. The molecular weight excluding hydrogens is 383 g/mol. The van der Waals surface area contributed by atoms with Gasteiger partial charge in [-0.25, -0.2) is 18.7 Å². The summed E-state index contributed by atoms with van der Waals surface area (Å²) in [6.45, 7) is 0. The highest BCUT2D eigenvalue weighted by Crippen LogP contribution is 2.17. The molecule has 0 aliphatic rings. The van der Waals surface area contributed by atoms with Crippen LogP contribution in [0.5, 0.6) is 0 Å². The van der Waals surface area contributed by atoms with Crippen LogP contribution in [0.25, 0.3) is 11.4 Å². The van der Waals surface area contributed by atoms with Crippen molar-refractivity contribution in [2.75, 3.05) is 0 Å². The quantitative estimate of drug-likeness (QED) is 0.521. The third-order valence-corrected chi connectivity index (χ3v) is 4.26. The fourth-order valence-electron chi connectivity index (χ4n) is 2.86. The number of hydrogen-bond donors (Lipinski definition) is 1. The molecule has 0 saturated carbocycles. The number of nitrogens with two attached hydrogens (primary N) is 1. The van der Waals surface area contributed by atoms with Crippen LogP contribution in [0.2, 0.25) is 0 Å². The molecule has 0 radical (unpaired) electrons. The lowest BCUT2D eigenvalue weighted by Crippen LogP contribution is -2.21. The molecule has 2 heterocycles. The molecule has 0 aliphatic carbocycles. The van der Waals surface area contributed by atoms with Gasteiger partial charge in [0.05, 0.1) is 17.1 Å². The fraction of sp³-hybridized carbons (Fsp3) is 0. The zero-order chi connectivity index (χ0) is 20.9. The Morgan fingerprint density at radius 3 is 2.60 bits per heavy atom. The summed E-state index contributed by atoms with van der Waals surface area (Å²) in [5, 5.41) is 8.49. The first-order valence-corrected chi connectivity index (χ1v) is 9.08. The van der Waals surface area contributed by atoms with Crippen LogP contribution < -0.4 is 11.2 Å². The van der Waals surface area contributed by atoms with E-state index in [9.17, 15) is 9.18 Å². The zero-order valence-corrected chi connectivity index (χ0v) is 15.8. The van der Waals surface area contributed by atoms with Crippen molar-refractivity contribution >= 4 is 11.4 Å². The van der Waals surface area contributed by atoms with E-state index in [1.807, 2.05) is 18.2 Å². The highest BCUT2D eigenvalue weighted by Gasteiger charge is 2.13. The number of nitrogens with zero attached hydrogens (tertiary/aromatic N) is 5. The molecule has 148 valence electrons. The molecule has 7 nitrogen and oxygen atoms in total. The van der Waals surface area contributed by atoms with Crippen LogP contribution in [0.4, 0.5) is 10.1 Å². The average molecular weight is 400 g/mol. The van der Waals surface area contributed by atoms with E-state index in [0.29, 0.717) is 11.4 Å². The second-order valence-electron chi connectivity index (χ2n) is 6.25. The molecule has 8 heteroatoms. The number of para-hydroxylation sites is 1. The van der Waals surface area contributed by atoms with E-state index >= 15 is 0 Å². The standard InChI is InChI=1S/C22H17FN6O/c23-18-8-7-17(28-13-4-12-25-28)15-20(18)29-14-10-21(30)22(27-29)19(9-11-24)26-16-5-2-1-3-6-16/h1-15H,24H2. The topological polar surface area (TPSA) is 91.1 Å². The smallest absolute Gasteiger partial charge is 0.209 e. The fourth-order valence-corrected chi connectivity index (χ4v) is 2.86. The molecule has 30 heavy (non-hydrogen) atoms. The maximum Gasteiger partial charge on any atom is 0.209 e. The zero-order valence-electron chi connectivity index (χ0n) is 15.8. The highest BCUT2D eigenvalue weighted by molar-refractivity contribution is 6.08. The molecule has 0 atom stereocenters. The maximum absolute atomic E-state index is 14.6. The van der Waals surface area contributed by atoms with Gasteiger partial charge in [-0.3, -0.25) is 4.79 Å². The Morgan fingerprint density at radius 1 is 1.03 bits per heavy atom. The van der Waals surface area contributed by atoms with E-state index in [0.717, 1.165) is 0 Å². The Labute approximate surface area is 171 Å². The largest absolute Gasteiger partial charge is 0.405 e. The molecule has 0 aliphatic heterocycles. The molecule has 0 spiro atoms.